The molecule has 0 saturated carbocycles. The molecule has 2 aromatic carbocycles. The fourth-order valence-corrected chi connectivity index (χ4v) is 3.24. The SMILES string of the molecule is COc1ccc(Cl)cc1NC(=S)Nc1ccn(Cc2ccc(Cl)cc2Cl)n1. The van der Waals surface area contributed by atoms with E-state index in [1.165, 1.54) is 0 Å². The molecule has 0 aliphatic rings. The van der Waals surface area contributed by atoms with Gasteiger partial charge in [-0.25, -0.2) is 0 Å². The van der Waals surface area contributed by atoms with E-state index in [-0.39, 0.29) is 0 Å². The van der Waals surface area contributed by atoms with Crippen LogP contribution < -0.4 is 15.4 Å². The van der Waals surface area contributed by atoms with E-state index in [1.54, 1.807) is 42.1 Å². The van der Waals surface area contributed by atoms with Crippen LogP contribution in [0.25, 0.3) is 0 Å². The Bertz CT molecular complexity index is 977. The summed E-state index contributed by atoms with van der Waals surface area (Å²) in [4.78, 5) is 0. The van der Waals surface area contributed by atoms with Crippen molar-refractivity contribution in [3.05, 3.63) is 69.3 Å². The predicted molar refractivity (Wildman–Crippen MR) is 116 cm³/mol. The van der Waals surface area contributed by atoms with Gasteiger partial charge in [-0.05, 0) is 48.1 Å². The maximum atomic E-state index is 6.21. The van der Waals surface area contributed by atoms with Crippen LogP contribution in [0.2, 0.25) is 15.1 Å². The monoisotopic (exact) mass is 440 g/mol. The van der Waals surface area contributed by atoms with E-state index < -0.39 is 0 Å². The van der Waals surface area contributed by atoms with E-state index in [0.29, 0.717) is 44.0 Å². The number of hydrogen-bond donors (Lipinski definition) is 2. The van der Waals surface area contributed by atoms with Crippen molar-refractivity contribution in [3.8, 4) is 5.75 Å². The van der Waals surface area contributed by atoms with Crippen molar-refractivity contribution in [2.75, 3.05) is 17.7 Å². The quantitative estimate of drug-likeness (QED) is 0.497. The summed E-state index contributed by atoms with van der Waals surface area (Å²) in [5.74, 6) is 1.23. The van der Waals surface area contributed by atoms with E-state index in [9.17, 15) is 0 Å². The molecule has 2 N–H and O–H groups in total. The lowest BCUT2D eigenvalue weighted by Crippen LogP contribution is -2.20. The lowest BCUT2D eigenvalue weighted by atomic mass is 10.2. The van der Waals surface area contributed by atoms with Gasteiger partial charge < -0.3 is 15.4 Å². The second-order valence-electron chi connectivity index (χ2n) is 5.56. The lowest BCUT2D eigenvalue weighted by molar-refractivity contribution is 0.417. The molecule has 0 aliphatic carbocycles. The molecule has 27 heavy (non-hydrogen) atoms. The second kappa shape index (κ2) is 8.80. The molecule has 0 saturated heterocycles. The van der Waals surface area contributed by atoms with Crippen molar-refractivity contribution >= 4 is 63.6 Å². The van der Waals surface area contributed by atoms with Crippen LogP contribution >= 0.6 is 47.0 Å². The summed E-state index contributed by atoms with van der Waals surface area (Å²) >= 11 is 23.5. The molecule has 0 unspecified atom stereocenters. The van der Waals surface area contributed by atoms with Gasteiger partial charge in [-0.15, -0.1) is 0 Å². The number of halogens is 3. The minimum absolute atomic E-state index is 0.366. The van der Waals surface area contributed by atoms with E-state index in [0.717, 1.165) is 5.56 Å². The molecular formula is C18H15Cl3N4OS. The highest BCUT2D eigenvalue weighted by Gasteiger charge is 2.08. The zero-order chi connectivity index (χ0) is 19.4. The first-order valence-electron chi connectivity index (χ1n) is 7.83. The standard InChI is InChI=1S/C18H15Cl3N4OS/c1-26-16-5-4-13(20)9-15(16)22-18(27)23-17-6-7-25(24-17)10-11-2-3-12(19)8-14(11)21/h2-9H,10H2,1H3,(H2,22,23,24,27). The highest BCUT2D eigenvalue weighted by molar-refractivity contribution is 7.80. The summed E-state index contributed by atoms with van der Waals surface area (Å²) in [6.45, 7) is 0.514. The molecule has 140 valence electrons. The van der Waals surface area contributed by atoms with Gasteiger partial charge in [-0.1, -0.05) is 40.9 Å². The van der Waals surface area contributed by atoms with Crippen LogP contribution in [0.1, 0.15) is 5.56 Å². The fraction of sp³-hybridized carbons (Fsp3) is 0.111. The summed E-state index contributed by atoms with van der Waals surface area (Å²) in [5, 5.41) is 12.6. The van der Waals surface area contributed by atoms with Crippen molar-refractivity contribution in [2.24, 2.45) is 0 Å². The Labute approximate surface area is 177 Å². The Kier molecular flexibility index (Phi) is 6.44. The number of anilines is 2. The third-order valence-electron chi connectivity index (χ3n) is 3.64. The number of ether oxygens (including phenoxy) is 1. The van der Waals surface area contributed by atoms with Crippen LogP contribution in [0, 0.1) is 0 Å². The van der Waals surface area contributed by atoms with E-state index in [1.807, 2.05) is 18.3 Å². The average Bonchev–Trinajstić information content (AvgIpc) is 3.04. The van der Waals surface area contributed by atoms with Gasteiger partial charge in [-0.2, -0.15) is 5.10 Å². The zero-order valence-electron chi connectivity index (χ0n) is 14.2. The van der Waals surface area contributed by atoms with Crippen molar-refractivity contribution < 1.29 is 4.74 Å². The number of nitrogens with zero attached hydrogens (tertiary/aromatic N) is 2. The Morgan fingerprint density at radius 3 is 2.56 bits per heavy atom. The predicted octanol–water partition coefficient (Wildman–Crippen LogP) is 5.71. The van der Waals surface area contributed by atoms with Crippen LogP contribution in [-0.4, -0.2) is 22.0 Å². The number of aromatic nitrogens is 2. The van der Waals surface area contributed by atoms with Crippen LogP contribution in [0.15, 0.2) is 48.7 Å². The first kappa shape index (κ1) is 19.8. The molecule has 0 fully saturated rings. The maximum absolute atomic E-state index is 6.21. The van der Waals surface area contributed by atoms with Gasteiger partial charge >= 0.3 is 0 Å². The zero-order valence-corrected chi connectivity index (χ0v) is 17.3. The Morgan fingerprint density at radius 2 is 1.81 bits per heavy atom. The number of thiocarbonyl (C=S) groups is 1. The molecule has 0 bridgehead atoms. The van der Waals surface area contributed by atoms with Crippen molar-refractivity contribution in [1.29, 1.82) is 0 Å². The Balaban J connectivity index is 1.65. The average molecular weight is 442 g/mol. The Morgan fingerprint density at radius 1 is 1.07 bits per heavy atom. The maximum Gasteiger partial charge on any atom is 0.176 e. The van der Waals surface area contributed by atoms with Gasteiger partial charge in [0.15, 0.2) is 10.9 Å². The van der Waals surface area contributed by atoms with Gasteiger partial charge in [0.25, 0.3) is 0 Å². The largest absolute Gasteiger partial charge is 0.495 e. The summed E-state index contributed by atoms with van der Waals surface area (Å²) in [6.07, 6.45) is 1.83. The Hall–Kier alpha value is -1.99. The van der Waals surface area contributed by atoms with Crippen LogP contribution in [-0.2, 0) is 6.54 Å². The van der Waals surface area contributed by atoms with Gasteiger partial charge in [0, 0.05) is 27.3 Å². The van der Waals surface area contributed by atoms with Crippen LogP contribution in [0.5, 0.6) is 5.75 Å². The first-order valence-corrected chi connectivity index (χ1v) is 9.38. The summed E-state index contributed by atoms with van der Waals surface area (Å²) < 4.78 is 7.04. The van der Waals surface area contributed by atoms with E-state index >= 15 is 0 Å². The van der Waals surface area contributed by atoms with Crippen LogP contribution in [0.3, 0.4) is 0 Å². The van der Waals surface area contributed by atoms with Gasteiger partial charge in [0.05, 0.1) is 19.3 Å². The molecule has 1 aromatic heterocycles. The number of benzene rings is 2. The third-order valence-corrected chi connectivity index (χ3v) is 4.67. The molecule has 0 radical (unpaired) electrons. The van der Waals surface area contributed by atoms with E-state index in [4.69, 9.17) is 51.8 Å². The molecule has 0 aliphatic heterocycles. The first-order chi connectivity index (χ1) is 12.9. The highest BCUT2D eigenvalue weighted by atomic mass is 35.5. The van der Waals surface area contributed by atoms with Crippen LogP contribution in [0.4, 0.5) is 11.5 Å². The third kappa shape index (κ3) is 5.26. The van der Waals surface area contributed by atoms with Crippen molar-refractivity contribution in [3.63, 3.8) is 0 Å². The fourth-order valence-electron chi connectivity index (χ4n) is 2.39. The number of rotatable bonds is 5. The smallest absolute Gasteiger partial charge is 0.176 e. The van der Waals surface area contributed by atoms with E-state index in [2.05, 4.69) is 15.7 Å². The second-order valence-corrected chi connectivity index (χ2v) is 7.25. The molecule has 3 rings (SSSR count). The normalized spacial score (nSPS) is 10.5. The molecule has 1 heterocycles. The highest BCUT2D eigenvalue weighted by Crippen LogP contribution is 2.28. The molecule has 5 nitrogen and oxygen atoms in total. The number of methoxy groups -OCH3 is 1. The van der Waals surface area contributed by atoms with Crippen molar-refractivity contribution in [2.45, 2.75) is 6.54 Å². The minimum atomic E-state index is 0.366. The number of hydrogen-bond acceptors (Lipinski definition) is 3. The van der Waals surface area contributed by atoms with Gasteiger partial charge in [0.1, 0.15) is 5.75 Å². The topological polar surface area (TPSA) is 51.1 Å². The molecule has 3 aromatic rings. The molecule has 0 spiro atoms. The summed E-state index contributed by atoms with van der Waals surface area (Å²) in [6, 6.07) is 12.4. The lowest BCUT2D eigenvalue weighted by Gasteiger charge is -2.12. The molecule has 0 amide bonds. The number of nitrogens with one attached hydrogen (secondary N) is 2. The minimum Gasteiger partial charge on any atom is -0.495 e. The molecule has 9 heteroatoms. The molecule has 0 atom stereocenters. The summed E-state index contributed by atoms with van der Waals surface area (Å²) in [7, 11) is 1.58. The van der Waals surface area contributed by atoms with Crippen molar-refractivity contribution in [1.82, 2.24) is 9.78 Å². The summed E-state index contributed by atoms with van der Waals surface area (Å²) in [5.41, 5.74) is 1.58. The molecular weight excluding hydrogens is 427 g/mol. The van der Waals surface area contributed by atoms with Gasteiger partial charge in [0.2, 0.25) is 0 Å². The van der Waals surface area contributed by atoms with Gasteiger partial charge in [-0.3, -0.25) is 4.68 Å².